The second-order valence-electron chi connectivity index (χ2n) is 9.34. The van der Waals surface area contributed by atoms with Crippen LogP contribution in [-0.4, -0.2) is 111 Å². The van der Waals surface area contributed by atoms with Gasteiger partial charge in [0.05, 0.1) is 29.2 Å². The molecule has 1 N–H and O–H groups in total. The first-order chi connectivity index (χ1) is 18.2. The van der Waals surface area contributed by atoms with Crippen molar-refractivity contribution in [3.63, 3.8) is 0 Å². The Kier molecular flexibility index (Phi) is 12.4. The first-order valence-electron chi connectivity index (χ1n) is 12.8. The number of hydrogen-bond donors (Lipinski definition) is 1. The van der Waals surface area contributed by atoms with Crippen LogP contribution in [0.4, 0.5) is 0 Å². The summed E-state index contributed by atoms with van der Waals surface area (Å²) in [5.41, 5.74) is 3.00. The number of likely N-dealkylation sites (N-methyl/N-ethyl adjacent to an activating group) is 4. The summed E-state index contributed by atoms with van der Waals surface area (Å²) in [5, 5.41) is 9.75. The van der Waals surface area contributed by atoms with Crippen LogP contribution >= 0.6 is 0 Å². The van der Waals surface area contributed by atoms with E-state index in [0.29, 0.717) is 31.2 Å². The molecule has 1 saturated heterocycles. The van der Waals surface area contributed by atoms with Crippen molar-refractivity contribution >= 4 is 23.7 Å². The van der Waals surface area contributed by atoms with Crippen LogP contribution in [0.3, 0.4) is 0 Å². The van der Waals surface area contributed by atoms with Gasteiger partial charge in [-0.2, -0.15) is 5.10 Å². The fourth-order valence-corrected chi connectivity index (χ4v) is 3.64. The molecule has 2 aliphatic rings. The maximum Gasteiger partial charge on any atom is 0.289 e. The van der Waals surface area contributed by atoms with E-state index >= 15 is 0 Å². The topological polar surface area (TPSA) is 79.1 Å². The van der Waals surface area contributed by atoms with Crippen LogP contribution in [0, 0.1) is 17.9 Å². The Bertz CT molecular complexity index is 1120. The Labute approximate surface area is 228 Å². The number of hydrazone groups is 1. The third kappa shape index (κ3) is 9.29. The number of nitrogens with zero attached hydrogens (tertiary/aromatic N) is 7. The number of carbonyl (C=O) groups excluding carboxylic acids is 1. The number of aliphatic imine (C=N–C) groups is 2. The fraction of sp³-hybridized carbons (Fsp3) is 0.448. The molecule has 0 spiro atoms. The Morgan fingerprint density at radius 3 is 2.61 bits per heavy atom. The molecule has 0 aromatic carbocycles. The number of carbonyl (C=O) groups is 1. The highest BCUT2D eigenvalue weighted by Crippen LogP contribution is 2.17. The molecule has 2 rings (SSSR count). The quantitative estimate of drug-likeness (QED) is 0.167. The van der Waals surface area contributed by atoms with Crippen LogP contribution in [0.25, 0.3) is 0 Å². The van der Waals surface area contributed by atoms with E-state index in [1.807, 2.05) is 77.3 Å². The molecule has 2 aliphatic heterocycles. The van der Waals surface area contributed by atoms with Gasteiger partial charge in [-0.15, -0.1) is 0 Å². The highest BCUT2D eigenvalue weighted by atomic mass is 16.2. The molecule has 0 aromatic rings. The summed E-state index contributed by atoms with van der Waals surface area (Å²) in [5.74, 6) is 3.05. The van der Waals surface area contributed by atoms with Crippen molar-refractivity contribution < 1.29 is 4.79 Å². The van der Waals surface area contributed by atoms with Crippen molar-refractivity contribution in [3.8, 4) is 12.0 Å². The molecule has 1 amide bonds. The number of amidine groups is 1. The summed E-state index contributed by atoms with van der Waals surface area (Å²) >= 11 is 0. The molecule has 38 heavy (non-hydrogen) atoms. The number of hydrogen-bond acceptors (Lipinski definition) is 7. The van der Waals surface area contributed by atoms with Crippen molar-refractivity contribution in [2.45, 2.75) is 13.8 Å². The van der Waals surface area contributed by atoms with Gasteiger partial charge in [-0.05, 0) is 45.7 Å². The van der Waals surface area contributed by atoms with Crippen molar-refractivity contribution in [2.24, 2.45) is 21.0 Å². The van der Waals surface area contributed by atoms with E-state index in [-0.39, 0.29) is 11.8 Å². The molecule has 1 fully saturated rings. The van der Waals surface area contributed by atoms with Crippen molar-refractivity contribution in [1.82, 2.24) is 25.0 Å². The van der Waals surface area contributed by atoms with Gasteiger partial charge in [0, 0.05) is 59.9 Å². The molecule has 0 bridgehead atoms. The van der Waals surface area contributed by atoms with Crippen LogP contribution in [0.5, 0.6) is 0 Å². The van der Waals surface area contributed by atoms with E-state index < -0.39 is 0 Å². The van der Waals surface area contributed by atoms with E-state index in [1.165, 1.54) is 0 Å². The molecule has 9 nitrogen and oxygen atoms in total. The largest absolute Gasteiger partial charge is 0.358 e. The molecule has 0 aliphatic carbocycles. The zero-order valence-electron chi connectivity index (χ0n) is 23.9. The van der Waals surface area contributed by atoms with Gasteiger partial charge in [-0.1, -0.05) is 36.8 Å². The predicted molar refractivity (Wildman–Crippen MR) is 159 cm³/mol. The predicted octanol–water partition coefficient (Wildman–Crippen LogP) is 2.37. The third-order valence-electron chi connectivity index (χ3n) is 6.04. The molecule has 1 atom stereocenters. The highest BCUT2D eigenvalue weighted by molar-refractivity contribution is 6.38. The Morgan fingerprint density at radius 1 is 1.26 bits per heavy atom. The Hall–Kier alpha value is -3.74. The lowest BCUT2D eigenvalue weighted by atomic mass is 9.96. The van der Waals surface area contributed by atoms with Crippen molar-refractivity contribution in [2.75, 3.05) is 68.0 Å². The number of amides is 1. The minimum Gasteiger partial charge on any atom is -0.358 e. The van der Waals surface area contributed by atoms with Crippen LogP contribution in [0.2, 0.25) is 0 Å². The van der Waals surface area contributed by atoms with Crippen molar-refractivity contribution in [3.05, 3.63) is 60.0 Å². The van der Waals surface area contributed by atoms with Crippen LogP contribution in [0.15, 0.2) is 75.1 Å². The van der Waals surface area contributed by atoms with Gasteiger partial charge in [0.2, 0.25) is 0 Å². The van der Waals surface area contributed by atoms with Gasteiger partial charge in [-0.25, -0.2) is 9.98 Å². The molecule has 1 unspecified atom stereocenters. The van der Waals surface area contributed by atoms with Gasteiger partial charge in [-0.3, -0.25) is 9.80 Å². The molecular formula is C29H42N8O. The maximum absolute atomic E-state index is 13.3. The van der Waals surface area contributed by atoms with Gasteiger partial charge in [0.1, 0.15) is 0 Å². The lowest BCUT2D eigenvalue weighted by Gasteiger charge is -2.33. The average Bonchev–Trinajstić information content (AvgIpc) is 3.14. The first kappa shape index (κ1) is 30.5. The normalized spacial score (nSPS) is 19.3. The van der Waals surface area contributed by atoms with Crippen LogP contribution < -0.4 is 5.32 Å². The monoisotopic (exact) mass is 518 g/mol. The minimum atomic E-state index is -0.388. The van der Waals surface area contributed by atoms with Gasteiger partial charge in [0.15, 0.2) is 5.84 Å². The average molecular weight is 519 g/mol. The second-order valence-corrected chi connectivity index (χ2v) is 9.34. The van der Waals surface area contributed by atoms with E-state index in [9.17, 15) is 4.79 Å². The van der Waals surface area contributed by atoms with Crippen LogP contribution in [-0.2, 0) is 4.79 Å². The number of rotatable bonds is 9. The van der Waals surface area contributed by atoms with E-state index in [4.69, 9.17) is 10.1 Å². The van der Waals surface area contributed by atoms with Gasteiger partial charge >= 0.3 is 0 Å². The van der Waals surface area contributed by atoms with Crippen molar-refractivity contribution in [1.29, 1.82) is 0 Å². The Morgan fingerprint density at radius 2 is 1.97 bits per heavy atom. The third-order valence-corrected chi connectivity index (χ3v) is 6.04. The van der Waals surface area contributed by atoms with E-state index in [0.717, 1.165) is 30.1 Å². The minimum absolute atomic E-state index is 0.0953. The summed E-state index contributed by atoms with van der Waals surface area (Å²) in [6.07, 6.45) is 13.3. The van der Waals surface area contributed by atoms with E-state index in [2.05, 4.69) is 46.9 Å². The standard InChI is InChI=1S/C29H42N8O/c1-9-10-11-12-24(3)36(8)33-27(23(2)13-15-30-4)25-14-16-31-22-26(21-25)32-28(34(5)6)29(38)37-19-17-35(7)18-20-37/h9-13,21-22,25,30H,3,15,17-20H2,1-2,4-8H3/b10-9-,12-11-,23-13+,32-28-,33-27+. The Balaban J connectivity index is 2.46. The zero-order chi connectivity index (χ0) is 28.1. The summed E-state index contributed by atoms with van der Waals surface area (Å²) in [6.45, 7) is 11.8. The molecule has 0 aromatic heterocycles. The smallest absolute Gasteiger partial charge is 0.289 e. The van der Waals surface area contributed by atoms with E-state index in [1.54, 1.807) is 16.1 Å². The summed E-state index contributed by atoms with van der Waals surface area (Å²) < 4.78 is 0. The van der Waals surface area contributed by atoms with Crippen LogP contribution in [0.1, 0.15) is 13.8 Å². The second kappa shape index (κ2) is 15.5. The number of nitrogens with one attached hydrogen (secondary N) is 1. The SMILES string of the molecule is C=C(/C=C\C=C/C)N(C)/N=C(\C(C)=C\CNC)C1C#CN=CC(/N=C(/C(=O)N2CCN(C)CC2)N(C)C)=C1. The lowest BCUT2D eigenvalue weighted by molar-refractivity contribution is -0.126. The maximum atomic E-state index is 13.3. The van der Waals surface area contributed by atoms with Gasteiger partial charge in [0.25, 0.3) is 5.91 Å². The summed E-state index contributed by atoms with van der Waals surface area (Å²) in [7, 11) is 9.47. The number of allylic oxidation sites excluding steroid dienone is 7. The molecular weight excluding hydrogens is 476 g/mol. The lowest BCUT2D eigenvalue weighted by Crippen LogP contribution is -2.51. The molecule has 9 heteroatoms. The molecule has 204 valence electrons. The molecule has 2 heterocycles. The van der Waals surface area contributed by atoms with Gasteiger partial charge < -0.3 is 20.0 Å². The molecule has 0 saturated carbocycles. The zero-order valence-corrected chi connectivity index (χ0v) is 23.9. The molecule has 0 radical (unpaired) electrons. The summed E-state index contributed by atoms with van der Waals surface area (Å²) in [6, 6.07) is 2.86. The first-order valence-corrected chi connectivity index (χ1v) is 12.8. The number of piperazine rings is 1. The summed E-state index contributed by atoms with van der Waals surface area (Å²) in [4.78, 5) is 28.1. The highest BCUT2D eigenvalue weighted by Gasteiger charge is 2.25. The fourth-order valence-electron chi connectivity index (χ4n) is 3.64.